The predicted octanol–water partition coefficient (Wildman–Crippen LogP) is 7.14. The van der Waals surface area contributed by atoms with Gasteiger partial charge in [-0.15, -0.1) is 0 Å². The van der Waals surface area contributed by atoms with Crippen LogP contribution in [0.1, 0.15) is 61.0 Å². The first-order valence-corrected chi connectivity index (χ1v) is 13.4. The van der Waals surface area contributed by atoms with Crippen LogP contribution >= 0.6 is 11.6 Å². The summed E-state index contributed by atoms with van der Waals surface area (Å²) in [7, 11) is 1.90. The zero-order valence-corrected chi connectivity index (χ0v) is 24.3. The van der Waals surface area contributed by atoms with Crippen molar-refractivity contribution in [1.29, 1.82) is 0 Å². The van der Waals surface area contributed by atoms with Gasteiger partial charge in [-0.25, -0.2) is 9.78 Å². The second kappa shape index (κ2) is 10.1. The van der Waals surface area contributed by atoms with Gasteiger partial charge < -0.3 is 14.5 Å². The highest BCUT2D eigenvalue weighted by atomic mass is 35.5. The molecular formula is C31H31ClN4O4. The summed E-state index contributed by atoms with van der Waals surface area (Å²) in [5.74, 6) is -0.128. The van der Waals surface area contributed by atoms with Crippen molar-refractivity contribution >= 4 is 45.1 Å². The highest BCUT2D eigenvalue weighted by Crippen LogP contribution is 2.33. The second-order valence-electron chi connectivity index (χ2n) is 11.0. The number of aryl methyl sites for hydroxylation is 3. The Labute approximate surface area is 236 Å². The first-order chi connectivity index (χ1) is 18.8. The highest BCUT2D eigenvalue weighted by molar-refractivity contribution is 6.29. The summed E-state index contributed by atoms with van der Waals surface area (Å²) in [5, 5.41) is 9.50. The maximum absolute atomic E-state index is 13.3. The Morgan fingerprint density at radius 3 is 2.55 bits per heavy atom. The lowest BCUT2D eigenvalue weighted by Gasteiger charge is -2.22. The number of halogens is 1. The lowest BCUT2D eigenvalue weighted by atomic mass is 10.00. The summed E-state index contributed by atoms with van der Waals surface area (Å²) in [4.78, 5) is 30.5. The Kier molecular flexibility index (Phi) is 6.92. The number of fused-ring (bicyclic) bond motifs is 2. The van der Waals surface area contributed by atoms with Gasteiger partial charge in [0.2, 0.25) is 0 Å². The molecule has 0 amide bonds. The first-order valence-electron chi connectivity index (χ1n) is 13.0. The summed E-state index contributed by atoms with van der Waals surface area (Å²) in [6.07, 6.45) is 0. The molecule has 206 valence electrons. The summed E-state index contributed by atoms with van der Waals surface area (Å²) in [5.41, 5.74) is 4.51. The molecule has 1 atom stereocenters. The van der Waals surface area contributed by atoms with Crippen LogP contribution in [0.2, 0.25) is 5.15 Å². The minimum atomic E-state index is -0.701. The van der Waals surface area contributed by atoms with Crippen LogP contribution in [0, 0.1) is 13.8 Å². The third kappa shape index (κ3) is 5.31. The fourth-order valence-corrected chi connectivity index (χ4v) is 4.98. The van der Waals surface area contributed by atoms with E-state index in [1.54, 1.807) is 32.9 Å². The zero-order chi connectivity index (χ0) is 28.9. The average Bonchev–Trinajstić information content (AvgIpc) is 3.16. The van der Waals surface area contributed by atoms with Crippen LogP contribution in [0.3, 0.4) is 0 Å². The third-order valence-corrected chi connectivity index (χ3v) is 6.82. The van der Waals surface area contributed by atoms with Gasteiger partial charge in [-0.2, -0.15) is 5.10 Å². The highest BCUT2D eigenvalue weighted by Gasteiger charge is 2.24. The molecule has 1 N–H and O–H groups in total. The Hall–Kier alpha value is -4.17. The van der Waals surface area contributed by atoms with Gasteiger partial charge in [0.05, 0.1) is 28.3 Å². The first kappa shape index (κ1) is 27.4. The number of rotatable bonds is 5. The maximum atomic E-state index is 13.3. The van der Waals surface area contributed by atoms with Crippen molar-refractivity contribution in [2.24, 2.45) is 7.05 Å². The molecule has 8 nitrogen and oxygen atoms in total. The molecule has 2 aromatic carbocycles. The van der Waals surface area contributed by atoms with E-state index in [2.05, 4.69) is 15.4 Å². The fourth-order valence-electron chi connectivity index (χ4n) is 4.84. The van der Waals surface area contributed by atoms with Crippen LogP contribution in [0.5, 0.6) is 0 Å². The van der Waals surface area contributed by atoms with Gasteiger partial charge in [0.15, 0.2) is 11.1 Å². The average molecular weight is 559 g/mol. The number of carbonyl (C=O) groups excluding carboxylic acids is 1. The molecule has 0 saturated carbocycles. The Bertz CT molecular complexity index is 1850. The normalized spacial score (nSPS) is 12.6. The predicted molar refractivity (Wildman–Crippen MR) is 158 cm³/mol. The van der Waals surface area contributed by atoms with E-state index in [9.17, 15) is 9.59 Å². The van der Waals surface area contributed by atoms with E-state index in [0.717, 1.165) is 33.3 Å². The molecule has 0 radical (unpaired) electrons. The van der Waals surface area contributed by atoms with Crippen LogP contribution in [0.15, 0.2) is 57.7 Å². The lowest BCUT2D eigenvalue weighted by molar-refractivity contribution is 0.00640. The van der Waals surface area contributed by atoms with Gasteiger partial charge >= 0.3 is 5.97 Å². The molecule has 0 aliphatic carbocycles. The number of esters is 1. The zero-order valence-electron chi connectivity index (χ0n) is 23.5. The quantitative estimate of drug-likeness (QED) is 0.181. The number of carbonyl (C=O) groups is 1. The number of aromatic nitrogens is 3. The minimum absolute atomic E-state index is 0.0773. The molecule has 9 heteroatoms. The molecule has 0 aliphatic rings. The number of hydrogen-bond acceptors (Lipinski definition) is 7. The fraction of sp³-hybridized carbons (Fsp3) is 0.290. The molecule has 5 aromatic rings. The molecule has 0 fully saturated rings. The molecule has 3 heterocycles. The van der Waals surface area contributed by atoms with Crippen LogP contribution in [0.4, 0.5) is 5.69 Å². The van der Waals surface area contributed by atoms with Crippen molar-refractivity contribution in [3.8, 4) is 11.3 Å². The molecule has 5 rings (SSSR count). The van der Waals surface area contributed by atoms with Crippen LogP contribution in [-0.2, 0) is 11.8 Å². The largest absolute Gasteiger partial charge is 0.455 e. The van der Waals surface area contributed by atoms with Crippen LogP contribution in [-0.4, -0.2) is 26.3 Å². The molecule has 1 unspecified atom stereocenters. The lowest BCUT2D eigenvalue weighted by Crippen LogP contribution is -2.25. The van der Waals surface area contributed by atoms with Crippen molar-refractivity contribution in [2.45, 2.75) is 53.2 Å². The molecule has 3 aromatic heterocycles. The molecule has 0 aliphatic heterocycles. The number of pyridine rings is 1. The Morgan fingerprint density at radius 1 is 1.07 bits per heavy atom. The van der Waals surface area contributed by atoms with E-state index < -0.39 is 11.6 Å². The van der Waals surface area contributed by atoms with E-state index in [0.29, 0.717) is 22.4 Å². The minimum Gasteiger partial charge on any atom is -0.455 e. The van der Waals surface area contributed by atoms with Gasteiger partial charge in [-0.05, 0) is 83.5 Å². The van der Waals surface area contributed by atoms with Crippen molar-refractivity contribution in [3.05, 3.63) is 86.4 Å². The van der Waals surface area contributed by atoms with Crippen molar-refractivity contribution < 1.29 is 13.9 Å². The van der Waals surface area contributed by atoms with Gasteiger partial charge in [0, 0.05) is 29.6 Å². The summed E-state index contributed by atoms with van der Waals surface area (Å²) in [6, 6.07) is 14.1. The summed E-state index contributed by atoms with van der Waals surface area (Å²) < 4.78 is 13.8. The third-order valence-electron chi connectivity index (χ3n) is 6.61. The number of anilines is 1. The van der Waals surface area contributed by atoms with E-state index >= 15 is 0 Å². The Morgan fingerprint density at radius 2 is 1.82 bits per heavy atom. The van der Waals surface area contributed by atoms with Crippen LogP contribution in [0.25, 0.3) is 33.2 Å². The second-order valence-corrected chi connectivity index (χ2v) is 11.4. The molecule has 40 heavy (non-hydrogen) atoms. The molecule has 0 bridgehead atoms. The number of ether oxygens (including phenoxy) is 1. The van der Waals surface area contributed by atoms with E-state index in [4.69, 9.17) is 20.8 Å². The molecular weight excluding hydrogens is 528 g/mol. The number of nitrogens with one attached hydrogen (secondary N) is 1. The smallest absolute Gasteiger partial charge is 0.359 e. The number of hydrogen-bond donors (Lipinski definition) is 1. The number of nitrogens with zero attached hydrogens (tertiary/aromatic N) is 3. The van der Waals surface area contributed by atoms with E-state index in [1.807, 2.05) is 62.8 Å². The van der Waals surface area contributed by atoms with Gasteiger partial charge in [0.25, 0.3) is 0 Å². The summed E-state index contributed by atoms with van der Waals surface area (Å²) >= 11 is 6.12. The molecule has 0 saturated heterocycles. The van der Waals surface area contributed by atoms with Crippen LogP contribution < -0.4 is 10.7 Å². The van der Waals surface area contributed by atoms with E-state index in [1.165, 1.54) is 6.07 Å². The van der Waals surface area contributed by atoms with Crippen molar-refractivity contribution in [1.82, 2.24) is 14.8 Å². The standard InChI is InChI=1S/C31H31ClN4O4/c1-16-12-21(17(2)33-23-9-11-27(32)34-28(23)30(38)40-31(4,5)6)29-22(13-16)25(37)15-26(39-29)19-8-10-24-20(14-19)18(3)35-36(24)7/h8-15,17,33H,1-7H3. The topological polar surface area (TPSA) is 99.2 Å². The number of benzene rings is 2. The van der Waals surface area contributed by atoms with Gasteiger partial charge in [-0.3, -0.25) is 9.48 Å². The summed E-state index contributed by atoms with van der Waals surface area (Å²) in [6.45, 7) is 11.2. The Balaban J connectivity index is 1.59. The van der Waals surface area contributed by atoms with Gasteiger partial charge in [0.1, 0.15) is 22.1 Å². The van der Waals surface area contributed by atoms with Crippen molar-refractivity contribution in [2.75, 3.05) is 5.32 Å². The maximum Gasteiger partial charge on any atom is 0.359 e. The molecule has 0 spiro atoms. The van der Waals surface area contributed by atoms with Gasteiger partial charge in [-0.1, -0.05) is 17.7 Å². The van der Waals surface area contributed by atoms with E-state index in [-0.39, 0.29) is 22.3 Å². The monoisotopic (exact) mass is 558 g/mol. The van der Waals surface area contributed by atoms with Crippen molar-refractivity contribution in [3.63, 3.8) is 0 Å². The SMILES string of the molecule is Cc1cc(C(C)Nc2ccc(Cl)nc2C(=O)OC(C)(C)C)c2oc(-c3ccc4c(c3)c(C)nn4C)cc(=O)c2c1.